The van der Waals surface area contributed by atoms with Gasteiger partial charge < -0.3 is 19.6 Å². The maximum atomic E-state index is 12.4. The molecule has 0 saturated heterocycles. The first-order valence-corrected chi connectivity index (χ1v) is 8.03. The maximum Gasteiger partial charge on any atom is 0.263 e. The first-order valence-electron chi connectivity index (χ1n) is 7.66. The van der Waals surface area contributed by atoms with Gasteiger partial charge in [0.2, 0.25) is 0 Å². The standard InChI is InChI=1S/C18H22ClNO4/c1-17(2,24-14-8-6-13(19)7-9-14)16(21)20-12-18(3,22)11-15-5-4-10-23-15/h4-10,22H,11-12H2,1-3H3,(H,20,21). The number of halogens is 1. The van der Waals surface area contributed by atoms with Crippen LogP contribution < -0.4 is 10.1 Å². The molecule has 2 rings (SSSR count). The van der Waals surface area contributed by atoms with Crippen molar-refractivity contribution in [2.75, 3.05) is 6.54 Å². The molecule has 6 heteroatoms. The van der Waals surface area contributed by atoms with Gasteiger partial charge in [0.05, 0.1) is 11.9 Å². The average molecular weight is 352 g/mol. The molecule has 1 aromatic heterocycles. The van der Waals surface area contributed by atoms with Crippen molar-refractivity contribution in [2.24, 2.45) is 0 Å². The largest absolute Gasteiger partial charge is 0.478 e. The highest BCUT2D eigenvalue weighted by Crippen LogP contribution is 2.21. The number of carbonyl (C=O) groups excluding carboxylic acids is 1. The molecule has 0 spiro atoms. The number of amides is 1. The van der Waals surface area contributed by atoms with Crippen LogP contribution in [-0.2, 0) is 11.2 Å². The van der Waals surface area contributed by atoms with Crippen molar-refractivity contribution in [1.82, 2.24) is 5.32 Å². The number of rotatable bonds is 7. The molecule has 2 N–H and O–H groups in total. The van der Waals surface area contributed by atoms with Crippen LogP contribution in [-0.4, -0.2) is 28.8 Å². The monoisotopic (exact) mass is 351 g/mol. The fourth-order valence-corrected chi connectivity index (χ4v) is 2.30. The number of aliphatic hydroxyl groups is 1. The predicted molar refractivity (Wildman–Crippen MR) is 92.2 cm³/mol. The van der Waals surface area contributed by atoms with Crippen LogP contribution in [0.5, 0.6) is 5.75 Å². The molecular formula is C18H22ClNO4. The average Bonchev–Trinajstić information content (AvgIpc) is 2.99. The molecule has 1 atom stereocenters. The molecule has 1 heterocycles. The summed E-state index contributed by atoms with van der Waals surface area (Å²) in [7, 11) is 0. The van der Waals surface area contributed by atoms with Gasteiger partial charge in [0.15, 0.2) is 5.60 Å². The van der Waals surface area contributed by atoms with Gasteiger partial charge in [-0.25, -0.2) is 0 Å². The second-order valence-corrected chi connectivity index (χ2v) is 6.94. The molecule has 0 aliphatic carbocycles. The van der Waals surface area contributed by atoms with Crippen molar-refractivity contribution in [3.05, 3.63) is 53.4 Å². The third-order valence-corrected chi connectivity index (χ3v) is 3.75. The van der Waals surface area contributed by atoms with E-state index in [1.165, 1.54) is 0 Å². The SMILES string of the molecule is CC(O)(CNC(=O)C(C)(C)Oc1ccc(Cl)cc1)Cc1ccco1. The Kier molecular flexibility index (Phi) is 5.57. The van der Waals surface area contributed by atoms with Gasteiger partial charge in [-0.15, -0.1) is 0 Å². The van der Waals surface area contributed by atoms with Crippen molar-refractivity contribution in [3.63, 3.8) is 0 Å². The van der Waals surface area contributed by atoms with Crippen LogP contribution in [0.2, 0.25) is 5.02 Å². The Morgan fingerprint density at radius 2 is 1.92 bits per heavy atom. The van der Waals surface area contributed by atoms with E-state index in [1.54, 1.807) is 63.4 Å². The Bertz CT molecular complexity index is 663. The number of nitrogens with one attached hydrogen (secondary N) is 1. The summed E-state index contributed by atoms with van der Waals surface area (Å²) in [5, 5.41) is 13.7. The molecule has 0 bridgehead atoms. The van der Waals surface area contributed by atoms with Crippen molar-refractivity contribution < 1.29 is 19.1 Å². The van der Waals surface area contributed by atoms with Crippen LogP contribution in [0, 0.1) is 0 Å². The minimum Gasteiger partial charge on any atom is -0.478 e. The molecule has 1 aromatic carbocycles. The molecule has 130 valence electrons. The number of carbonyl (C=O) groups is 1. The van der Waals surface area contributed by atoms with Gasteiger partial charge in [0, 0.05) is 18.0 Å². The molecule has 24 heavy (non-hydrogen) atoms. The number of ether oxygens (including phenoxy) is 1. The molecule has 1 amide bonds. The van der Waals surface area contributed by atoms with Crippen LogP contribution in [0.3, 0.4) is 0 Å². The number of furan rings is 1. The summed E-state index contributed by atoms with van der Waals surface area (Å²) in [5.74, 6) is 0.880. The molecule has 0 saturated carbocycles. The van der Waals surface area contributed by atoms with Gasteiger partial charge in [0.1, 0.15) is 11.5 Å². The van der Waals surface area contributed by atoms with Crippen molar-refractivity contribution in [2.45, 2.75) is 38.4 Å². The summed E-state index contributed by atoms with van der Waals surface area (Å²) >= 11 is 5.83. The van der Waals surface area contributed by atoms with E-state index in [1.807, 2.05) is 0 Å². The van der Waals surface area contributed by atoms with Gasteiger partial charge >= 0.3 is 0 Å². The summed E-state index contributed by atoms with van der Waals surface area (Å²) in [5.41, 5.74) is -2.21. The van der Waals surface area contributed by atoms with E-state index in [0.717, 1.165) is 0 Å². The summed E-state index contributed by atoms with van der Waals surface area (Å²) < 4.78 is 10.9. The van der Waals surface area contributed by atoms with Crippen LogP contribution in [0.1, 0.15) is 26.5 Å². The van der Waals surface area contributed by atoms with Gasteiger partial charge in [-0.3, -0.25) is 4.79 Å². The summed E-state index contributed by atoms with van der Waals surface area (Å²) in [6.45, 7) is 5.05. The minimum atomic E-state index is -1.12. The van der Waals surface area contributed by atoms with Gasteiger partial charge in [-0.1, -0.05) is 11.6 Å². The lowest BCUT2D eigenvalue weighted by molar-refractivity contribution is -0.135. The number of hydrogen-bond acceptors (Lipinski definition) is 4. The third-order valence-electron chi connectivity index (χ3n) is 3.50. The van der Waals surface area contributed by atoms with Crippen LogP contribution in [0.15, 0.2) is 47.1 Å². The summed E-state index contributed by atoms with van der Waals surface area (Å²) in [6.07, 6.45) is 1.85. The Morgan fingerprint density at radius 1 is 1.25 bits per heavy atom. The fraction of sp³-hybridized carbons (Fsp3) is 0.389. The van der Waals surface area contributed by atoms with Crippen molar-refractivity contribution >= 4 is 17.5 Å². The quantitative estimate of drug-likeness (QED) is 0.803. The lowest BCUT2D eigenvalue weighted by Crippen LogP contribution is -2.51. The maximum absolute atomic E-state index is 12.4. The van der Waals surface area contributed by atoms with Gasteiger partial charge in [-0.05, 0) is 57.2 Å². The molecule has 5 nitrogen and oxygen atoms in total. The number of hydrogen-bond donors (Lipinski definition) is 2. The molecule has 0 aliphatic rings. The molecule has 2 aromatic rings. The zero-order valence-corrected chi connectivity index (χ0v) is 14.8. The highest BCUT2D eigenvalue weighted by molar-refractivity contribution is 6.30. The van der Waals surface area contributed by atoms with E-state index in [4.69, 9.17) is 20.8 Å². The Hall–Kier alpha value is -1.98. The van der Waals surface area contributed by atoms with Crippen LogP contribution in [0.25, 0.3) is 0 Å². The van der Waals surface area contributed by atoms with Crippen LogP contribution >= 0.6 is 11.6 Å². The Morgan fingerprint density at radius 3 is 2.50 bits per heavy atom. The normalized spacial score (nSPS) is 14.0. The van der Waals surface area contributed by atoms with E-state index < -0.39 is 11.2 Å². The van der Waals surface area contributed by atoms with Crippen molar-refractivity contribution in [1.29, 1.82) is 0 Å². The van der Waals surface area contributed by atoms with E-state index in [9.17, 15) is 9.90 Å². The molecule has 0 aliphatic heterocycles. The summed E-state index contributed by atoms with van der Waals surface area (Å²) in [4.78, 5) is 12.4. The highest BCUT2D eigenvalue weighted by Gasteiger charge is 2.32. The van der Waals surface area contributed by atoms with E-state index in [-0.39, 0.29) is 12.5 Å². The molecule has 0 radical (unpaired) electrons. The molecular weight excluding hydrogens is 330 g/mol. The first kappa shape index (κ1) is 18.4. The number of benzene rings is 1. The smallest absolute Gasteiger partial charge is 0.263 e. The van der Waals surface area contributed by atoms with Gasteiger partial charge in [0.25, 0.3) is 5.91 Å². The second-order valence-electron chi connectivity index (χ2n) is 6.50. The minimum absolute atomic E-state index is 0.0833. The van der Waals surface area contributed by atoms with Crippen LogP contribution in [0.4, 0.5) is 0 Å². The lowest BCUT2D eigenvalue weighted by Gasteiger charge is -2.28. The van der Waals surface area contributed by atoms with E-state index in [0.29, 0.717) is 23.0 Å². The van der Waals surface area contributed by atoms with E-state index in [2.05, 4.69) is 5.32 Å². The van der Waals surface area contributed by atoms with E-state index >= 15 is 0 Å². The summed E-state index contributed by atoms with van der Waals surface area (Å²) in [6, 6.07) is 10.3. The molecule has 1 unspecified atom stereocenters. The topological polar surface area (TPSA) is 71.7 Å². The lowest BCUT2D eigenvalue weighted by atomic mass is 10.00. The first-order chi connectivity index (χ1) is 11.2. The predicted octanol–water partition coefficient (Wildman–Crippen LogP) is 3.20. The zero-order chi connectivity index (χ0) is 17.8. The fourth-order valence-electron chi connectivity index (χ4n) is 2.18. The zero-order valence-electron chi connectivity index (χ0n) is 14.0. The third kappa shape index (κ3) is 5.28. The Labute approximate surface area is 146 Å². The molecule has 0 fully saturated rings. The highest BCUT2D eigenvalue weighted by atomic mass is 35.5. The second kappa shape index (κ2) is 7.28. The Balaban J connectivity index is 1.91. The van der Waals surface area contributed by atoms with Gasteiger partial charge in [-0.2, -0.15) is 0 Å². The van der Waals surface area contributed by atoms with Crippen molar-refractivity contribution in [3.8, 4) is 5.75 Å².